The number of aromatic nitrogens is 4. The van der Waals surface area contributed by atoms with Crippen LogP contribution in [0.5, 0.6) is 0 Å². The highest BCUT2D eigenvalue weighted by molar-refractivity contribution is 7.99. The lowest BCUT2D eigenvalue weighted by molar-refractivity contribution is 0.712. The second kappa shape index (κ2) is 7.75. The zero-order chi connectivity index (χ0) is 16.8. The third kappa shape index (κ3) is 3.81. The Labute approximate surface area is 145 Å². The molecule has 24 heavy (non-hydrogen) atoms. The Morgan fingerprint density at radius 3 is 2.58 bits per heavy atom. The molecule has 0 bridgehead atoms. The van der Waals surface area contributed by atoms with E-state index in [2.05, 4.69) is 38.0 Å². The van der Waals surface area contributed by atoms with Crippen molar-refractivity contribution in [1.29, 1.82) is 5.26 Å². The molecule has 5 nitrogen and oxygen atoms in total. The van der Waals surface area contributed by atoms with Crippen LogP contribution in [-0.2, 0) is 6.54 Å². The molecule has 0 aliphatic carbocycles. The van der Waals surface area contributed by atoms with Gasteiger partial charge >= 0.3 is 0 Å². The van der Waals surface area contributed by atoms with Gasteiger partial charge in [-0.15, -0.1) is 10.2 Å². The first-order valence-electron chi connectivity index (χ1n) is 7.68. The lowest BCUT2D eigenvalue weighted by Crippen LogP contribution is -2.05. The van der Waals surface area contributed by atoms with Gasteiger partial charge in [0.15, 0.2) is 11.0 Å². The SMILES string of the molecule is C[C@@H](C#N)CSc1nnc(-c2ccncc2)n1Cc1ccccc1. The average molecular weight is 335 g/mol. The number of thioether (sulfide) groups is 1. The minimum atomic E-state index is -0.0266. The molecular formula is C18H17N5S. The number of hydrogen-bond acceptors (Lipinski definition) is 5. The summed E-state index contributed by atoms with van der Waals surface area (Å²) in [4.78, 5) is 4.06. The van der Waals surface area contributed by atoms with Crippen molar-refractivity contribution in [2.45, 2.75) is 18.6 Å². The monoisotopic (exact) mass is 335 g/mol. The summed E-state index contributed by atoms with van der Waals surface area (Å²) in [5.74, 6) is 1.48. The zero-order valence-electron chi connectivity index (χ0n) is 13.3. The van der Waals surface area contributed by atoms with E-state index < -0.39 is 0 Å². The van der Waals surface area contributed by atoms with Crippen molar-refractivity contribution in [2.24, 2.45) is 5.92 Å². The average Bonchev–Trinajstić information content (AvgIpc) is 3.04. The quantitative estimate of drug-likeness (QED) is 0.643. The minimum absolute atomic E-state index is 0.0266. The van der Waals surface area contributed by atoms with Gasteiger partial charge in [0.05, 0.1) is 18.5 Å². The van der Waals surface area contributed by atoms with Gasteiger partial charge in [-0.3, -0.25) is 9.55 Å². The van der Waals surface area contributed by atoms with Crippen molar-refractivity contribution in [3.05, 3.63) is 60.4 Å². The van der Waals surface area contributed by atoms with E-state index in [-0.39, 0.29) is 5.92 Å². The fraction of sp³-hybridized carbons (Fsp3) is 0.222. The van der Waals surface area contributed by atoms with Gasteiger partial charge in [-0.2, -0.15) is 5.26 Å². The first-order chi connectivity index (χ1) is 11.8. The molecule has 0 radical (unpaired) electrons. The molecule has 0 aliphatic rings. The predicted molar refractivity (Wildman–Crippen MR) is 94.3 cm³/mol. The Hall–Kier alpha value is -2.65. The second-order valence-electron chi connectivity index (χ2n) is 5.45. The van der Waals surface area contributed by atoms with Gasteiger partial charge in [-0.05, 0) is 24.6 Å². The van der Waals surface area contributed by atoms with Gasteiger partial charge in [0.1, 0.15) is 0 Å². The van der Waals surface area contributed by atoms with Crippen LogP contribution in [0.15, 0.2) is 60.0 Å². The normalized spacial score (nSPS) is 11.8. The maximum Gasteiger partial charge on any atom is 0.191 e. The van der Waals surface area contributed by atoms with Crippen LogP contribution in [0, 0.1) is 17.2 Å². The Morgan fingerprint density at radius 2 is 1.88 bits per heavy atom. The van der Waals surface area contributed by atoms with Crippen LogP contribution in [0.3, 0.4) is 0 Å². The zero-order valence-corrected chi connectivity index (χ0v) is 14.1. The van der Waals surface area contributed by atoms with Gasteiger partial charge in [0.2, 0.25) is 0 Å². The lowest BCUT2D eigenvalue weighted by atomic mass is 10.2. The molecule has 6 heteroatoms. The summed E-state index contributed by atoms with van der Waals surface area (Å²) < 4.78 is 2.10. The van der Waals surface area contributed by atoms with Gasteiger partial charge < -0.3 is 0 Å². The largest absolute Gasteiger partial charge is 0.298 e. The van der Waals surface area contributed by atoms with E-state index in [1.54, 1.807) is 24.2 Å². The molecule has 2 heterocycles. The van der Waals surface area contributed by atoms with Crippen LogP contribution in [0.1, 0.15) is 12.5 Å². The van der Waals surface area contributed by atoms with Gasteiger partial charge in [-0.1, -0.05) is 42.1 Å². The highest BCUT2D eigenvalue weighted by Crippen LogP contribution is 2.26. The Balaban J connectivity index is 1.94. The predicted octanol–water partition coefficient (Wildman–Crippen LogP) is 3.64. The van der Waals surface area contributed by atoms with E-state index in [0.29, 0.717) is 12.3 Å². The van der Waals surface area contributed by atoms with E-state index in [0.717, 1.165) is 16.5 Å². The van der Waals surface area contributed by atoms with Crippen LogP contribution in [0.2, 0.25) is 0 Å². The van der Waals surface area contributed by atoms with Crippen molar-refractivity contribution < 1.29 is 0 Å². The van der Waals surface area contributed by atoms with Crippen molar-refractivity contribution >= 4 is 11.8 Å². The first-order valence-corrected chi connectivity index (χ1v) is 8.66. The van der Waals surface area contributed by atoms with Crippen LogP contribution >= 0.6 is 11.8 Å². The molecule has 2 aromatic heterocycles. The first kappa shape index (κ1) is 16.2. The van der Waals surface area contributed by atoms with E-state index in [1.165, 1.54) is 5.56 Å². The summed E-state index contributed by atoms with van der Waals surface area (Å²) in [6, 6.07) is 16.3. The summed E-state index contributed by atoms with van der Waals surface area (Å²) in [7, 11) is 0. The van der Waals surface area contributed by atoms with E-state index in [4.69, 9.17) is 5.26 Å². The molecule has 0 unspecified atom stereocenters. The van der Waals surface area contributed by atoms with E-state index in [9.17, 15) is 0 Å². The number of pyridine rings is 1. The molecule has 0 fully saturated rings. The molecule has 1 aromatic carbocycles. The van der Waals surface area contributed by atoms with Crippen molar-refractivity contribution in [3.63, 3.8) is 0 Å². The number of nitrogens with zero attached hydrogens (tertiary/aromatic N) is 5. The molecule has 1 atom stereocenters. The Kier molecular flexibility index (Phi) is 5.24. The molecule has 120 valence electrons. The Bertz CT molecular complexity index is 824. The second-order valence-corrected chi connectivity index (χ2v) is 6.44. The van der Waals surface area contributed by atoms with Crippen molar-refractivity contribution in [2.75, 3.05) is 5.75 Å². The maximum absolute atomic E-state index is 8.99. The topological polar surface area (TPSA) is 67.4 Å². The molecular weight excluding hydrogens is 318 g/mol. The molecule has 0 saturated carbocycles. The third-order valence-electron chi connectivity index (χ3n) is 3.52. The molecule has 0 saturated heterocycles. The van der Waals surface area contributed by atoms with Crippen LogP contribution in [0.4, 0.5) is 0 Å². The van der Waals surface area contributed by atoms with Crippen molar-refractivity contribution in [3.8, 4) is 17.5 Å². The lowest BCUT2D eigenvalue weighted by Gasteiger charge is -2.10. The summed E-state index contributed by atoms with van der Waals surface area (Å²) in [6.07, 6.45) is 3.50. The van der Waals surface area contributed by atoms with Gasteiger partial charge in [0.25, 0.3) is 0 Å². The fourth-order valence-corrected chi connectivity index (χ4v) is 3.13. The molecule has 0 N–H and O–H groups in total. The standard InChI is InChI=1S/C18H17N5S/c1-14(11-19)13-24-18-22-21-17(16-7-9-20-10-8-16)23(18)12-15-5-3-2-4-6-15/h2-10,14H,12-13H2,1H3/t14-/m0/s1. The van der Waals surface area contributed by atoms with Crippen LogP contribution < -0.4 is 0 Å². The van der Waals surface area contributed by atoms with E-state index in [1.807, 2.05) is 37.3 Å². The Morgan fingerprint density at radius 1 is 1.12 bits per heavy atom. The molecule has 3 aromatic rings. The van der Waals surface area contributed by atoms with Crippen LogP contribution in [-0.4, -0.2) is 25.5 Å². The van der Waals surface area contributed by atoms with Gasteiger partial charge in [0, 0.05) is 23.7 Å². The number of rotatable bonds is 6. The summed E-state index contributed by atoms with van der Waals surface area (Å²) in [6.45, 7) is 2.60. The smallest absolute Gasteiger partial charge is 0.191 e. The highest BCUT2D eigenvalue weighted by atomic mass is 32.2. The maximum atomic E-state index is 8.99. The minimum Gasteiger partial charge on any atom is -0.298 e. The van der Waals surface area contributed by atoms with E-state index >= 15 is 0 Å². The van der Waals surface area contributed by atoms with Crippen LogP contribution in [0.25, 0.3) is 11.4 Å². The summed E-state index contributed by atoms with van der Waals surface area (Å²) in [5, 5.41) is 18.5. The molecule has 3 rings (SSSR count). The number of benzene rings is 1. The highest BCUT2D eigenvalue weighted by Gasteiger charge is 2.15. The third-order valence-corrected chi connectivity index (χ3v) is 4.75. The number of hydrogen-bond donors (Lipinski definition) is 0. The van der Waals surface area contributed by atoms with Crippen molar-refractivity contribution in [1.82, 2.24) is 19.7 Å². The molecule has 0 amide bonds. The fourth-order valence-electron chi connectivity index (χ4n) is 2.26. The summed E-state index contributed by atoms with van der Waals surface area (Å²) in [5.41, 5.74) is 2.16. The number of nitriles is 1. The van der Waals surface area contributed by atoms with Gasteiger partial charge in [-0.25, -0.2) is 0 Å². The summed E-state index contributed by atoms with van der Waals surface area (Å²) >= 11 is 1.57. The molecule has 0 spiro atoms. The molecule has 0 aliphatic heterocycles.